The molecule has 0 saturated carbocycles. The predicted octanol–water partition coefficient (Wildman–Crippen LogP) is 0.697. The van der Waals surface area contributed by atoms with Gasteiger partial charge >= 0.3 is 11.9 Å². The van der Waals surface area contributed by atoms with Crippen LogP contribution < -0.4 is 5.73 Å². The van der Waals surface area contributed by atoms with Crippen LogP contribution in [0.5, 0.6) is 0 Å². The minimum Gasteiger partial charge on any atom is -0.463 e. The molecule has 26 heavy (non-hydrogen) atoms. The summed E-state index contributed by atoms with van der Waals surface area (Å²) in [6, 6.07) is 0. The Morgan fingerprint density at radius 1 is 1.12 bits per heavy atom. The quantitative estimate of drug-likeness (QED) is 0.337. The van der Waals surface area contributed by atoms with Crippen LogP contribution in [-0.2, 0) is 33.5 Å². The first-order chi connectivity index (χ1) is 12.0. The van der Waals surface area contributed by atoms with Crippen LogP contribution >= 0.6 is 0 Å². The van der Waals surface area contributed by atoms with Gasteiger partial charge in [0.25, 0.3) is 11.8 Å². The van der Waals surface area contributed by atoms with Gasteiger partial charge in [0, 0.05) is 19.4 Å². The summed E-state index contributed by atoms with van der Waals surface area (Å²) in [5.74, 6) is -2.48. The topological polar surface area (TPSA) is 125 Å². The number of carbonyl (C=O) groups is 4. The Bertz CT molecular complexity index is 541. The van der Waals surface area contributed by atoms with Gasteiger partial charge in [0.15, 0.2) is 0 Å². The van der Waals surface area contributed by atoms with Crippen LogP contribution in [0, 0.1) is 5.41 Å². The molecule has 1 rings (SSSR count). The van der Waals surface area contributed by atoms with Gasteiger partial charge in [0.2, 0.25) is 0 Å². The summed E-state index contributed by atoms with van der Waals surface area (Å²) in [4.78, 5) is 52.2. The Kier molecular flexibility index (Phi) is 7.70. The van der Waals surface area contributed by atoms with Crippen molar-refractivity contribution in [2.45, 2.75) is 58.9 Å². The molecule has 1 atom stereocenters. The van der Waals surface area contributed by atoms with Gasteiger partial charge in [-0.25, -0.2) is 4.79 Å². The normalized spacial score (nSPS) is 17.2. The zero-order chi connectivity index (χ0) is 20.0. The van der Waals surface area contributed by atoms with Crippen LogP contribution in [0.15, 0.2) is 0 Å². The van der Waals surface area contributed by atoms with E-state index in [0.717, 1.165) is 0 Å². The van der Waals surface area contributed by atoms with Crippen LogP contribution in [-0.4, -0.2) is 54.2 Å². The summed E-state index contributed by atoms with van der Waals surface area (Å²) in [6.07, 6.45) is 0.148. The SMILES string of the molecule is CCOCCOC(=O)CC(C)(C)CC(C)(N)C(=O)ON1C(=O)CCC1=O. The lowest BCUT2D eigenvalue weighted by atomic mass is 9.77. The number of hydrogen-bond acceptors (Lipinski definition) is 8. The van der Waals surface area contributed by atoms with E-state index < -0.39 is 34.7 Å². The number of carbonyl (C=O) groups excluding carboxylic acids is 4. The maximum absolute atomic E-state index is 12.3. The molecule has 0 aromatic heterocycles. The smallest absolute Gasteiger partial charge is 0.352 e. The standard InChI is InChI=1S/C17H28N2O7/c1-5-24-8-9-25-14(22)10-16(2,3)11-17(4,18)15(23)26-19-12(20)6-7-13(19)21/h5-11,18H2,1-4H3. The zero-order valence-corrected chi connectivity index (χ0v) is 15.8. The number of hydroxylamine groups is 2. The van der Waals surface area contributed by atoms with Crippen molar-refractivity contribution in [1.29, 1.82) is 0 Å². The summed E-state index contributed by atoms with van der Waals surface area (Å²) in [5.41, 5.74) is 3.88. The fourth-order valence-electron chi connectivity index (χ4n) is 2.77. The fourth-order valence-corrected chi connectivity index (χ4v) is 2.77. The molecule has 0 bridgehead atoms. The molecule has 1 heterocycles. The van der Waals surface area contributed by atoms with Crippen molar-refractivity contribution in [2.75, 3.05) is 19.8 Å². The lowest BCUT2D eigenvalue weighted by Crippen LogP contribution is -2.52. The van der Waals surface area contributed by atoms with E-state index in [4.69, 9.17) is 20.0 Å². The van der Waals surface area contributed by atoms with E-state index in [0.29, 0.717) is 18.3 Å². The Labute approximate surface area is 153 Å². The number of imide groups is 1. The molecular weight excluding hydrogens is 344 g/mol. The van der Waals surface area contributed by atoms with Crippen molar-refractivity contribution >= 4 is 23.8 Å². The molecule has 1 saturated heterocycles. The van der Waals surface area contributed by atoms with Gasteiger partial charge in [0.1, 0.15) is 12.1 Å². The molecule has 2 N–H and O–H groups in total. The molecule has 9 heteroatoms. The van der Waals surface area contributed by atoms with Crippen LogP contribution in [0.4, 0.5) is 0 Å². The molecule has 1 aliphatic rings. The highest BCUT2D eigenvalue weighted by atomic mass is 16.7. The molecule has 0 aliphatic carbocycles. The monoisotopic (exact) mass is 372 g/mol. The predicted molar refractivity (Wildman–Crippen MR) is 90.2 cm³/mol. The highest BCUT2D eigenvalue weighted by Crippen LogP contribution is 2.32. The second-order valence-corrected chi connectivity index (χ2v) is 7.31. The lowest BCUT2D eigenvalue weighted by Gasteiger charge is -2.32. The van der Waals surface area contributed by atoms with Crippen molar-refractivity contribution in [3.05, 3.63) is 0 Å². The minimum atomic E-state index is -1.49. The molecule has 0 aromatic rings. The molecule has 1 unspecified atom stereocenters. The molecule has 9 nitrogen and oxygen atoms in total. The molecule has 2 amide bonds. The Balaban J connectivity index is 2.56. The highest BCUT2D eigenvalue weighted by molar-refractivity contribution is 6.02. The average Bonchev–Trinajstić information content (AvgIpc) is 2.81. The summed E-state index contributed by atoms with van der Waals surface area (Å²) in [5, 5.41) is 0.461. The number of esters is 1. The summed E-state index contributed by atoms with van der Waals surface area (Å²) < 4.78 is 10.2. The first kappa shape index (κ1) is 22.0. The van der Waals surface area contributed by atoms with E-state index in [1.165, 1.54) is 6.92 Å². The first-order valence-corrected chi connectivity index (χ1v) is 8.59. The third-order valence-electron chi connectivity index (χ3n) is 3.81. The van der Waals surface area contributed by atoms with Gasteiger partial charge in [-0.3, -0.25) is 14.4 Å². The van der Waals surface area contributed by atoms with E-state index in [1.807, 2.05) is 6.92 Å². The van der Waals surface area contributed by atoms with Crippen LogP contribution in [0.3, 0.4) is 0 Å². The van der Waals surface area contributed by atoms with Crippen molar-refractivity contribution in [3.8, 4) is 0 Å². The number of hydrogen-bond donors (Lipinski definition) is 1. The van der Waals surface area contributed by atoms with Crippen molar-refractivity contribution in [3.63, 3.8) is 0 Å². The maximum atomic E-state index is 12.3. The average molecular weight is 372 g/mol. The highest BCUT2D eigenvalue weighted by Gasteiger charge is 2.42. The van der Waals surface area contributed by atoms with Crippen LogP contribution in [0.25, 0.3) is 0 Å². The fraction of sp³-hybridized carbons (Fsp3) is 0.765. The number of ether oxygens (including phenoxy) is 2. The van der Waals surface area contributed by atoms with Gasteiger partial charge < -0.3 is 20.0 Å². The number of rotatable bonds is 10. The van der Waals surface area contributed by atoms with Crippen molar-refractivity contribution in [2.24, 2.45) is 11.1 Å². The Hall–Kier alpha value is -2.00. The van der Waals surface area contributed by atoms with E-state index in [1.54, 1.807) is 13.8 Å². The zero-order valence-electron chi connectivity index (χ0n) is 15.8. The molecule has 0 radical (unpaired) electrons. The lowest BCUT2D eigenvalue weighted by molar-refractivity contribution is -0.201. The number of nitrogens with two attached hydrogens (primary N) is 1. The molecule has 1 aliphatic heterocycles. The van der Waals surface area contributed by atoms with E-state index in [-0.39, 0.29) is 32.3 Å². The van der Waals surface area contributed by atoms with Gasteiger partial charge in [-0.15, -0.1) is 5.06 Å². The van der Waals surface area contributed by atoms with Gasteiger partial charge in [-0.1, -0.05) is 13.8 Å². The number of amides is 2. The van der Waals surface area contributed by atoms with Gasteiger partial charge in [-0.2, -0.15) is 0 Å². The second-order valence-electron chi connectivity index (χ2n) is 7.31. The van der Waals surface area contributed by atoms with Crippen LogP contribution in [0.2, 0.25) is 0 Å². The molecule has 0 aromatic carbocycles. The molecule has 148 valence electrons. The largest absolute Gasteiger partial charge is 0.463 e. The summed E-state index contributed by atoms with van der Waals surface area (Å²) in [6.45, 7) is 7.82. The summed E-state index contributed by atoms with van der Waals surface area (Å²) in [7, 11) is 0. The maximum Gasteiger partial charge on any atom is 0.352 e. The Morgan fingerprint density at radius 2 is 1.69 bits per heavy atom. The van der Waals surface area contributed by atoms with E-state index >= 15 is 0 Å². The molecular formula is C17H28N2O7. The summed E-state index contributed by atoms with van der Waals surface area (Å²) >= 11 is 0. The van der Waals surface area contributed by atoms with Crippen LogP contribution in [0.1, 0.15) is 53.4 Å². The minimum absolute atomic E-state index is 0.00643. The van der Waals surface area contributed by atoms with Gasteiger partial charge in [0.05, 0.1) is 13.0 Å². The molecule has 1 fully saturated rings. The Morgan fingerprint density at radius 3 is 2.23 bits per heavy atom. The van der Waals surface area contributed by atoms with E-state index in [9.17, 15) is 19.2 Å². The molecule has 0 spiro atoms. The first-order valence-electron chi connectivity index (χ1n) is 8.59. The third kappa shape index (κ3) is 6.72. The third-order valence-corrected chi connectivity index (χ3v) is 3.81. The number of nitrogens with zero attached hydrogens (tertiary/aromatic N) is 1. The van der Waals surface area contributed by atoms with Crippen molar-refractivity contribution < 1.29 is 33.5 Å². The van der Waals surface area contributed by atoms with Gasteiger partial charge in [-0.05, 0) is 25.7 Å². The van der Waals surface area contributed by atoms with Crippen molar-refractivity contribution in [1.82, 2.24) is 5.06 Å². The second kappa shape index (κ2) is 9.09. The van der Waals surface area contributed by atoms with E-state index in [2.05, 4.69) is 0 Å².